The van der Waals surface area contributed by atoms with Crippen LogP contribution in [0.2, 0.25) is 0 Å². The largest absolute Gasteiger partial charge is 0.378 e. The zero-order chi connectivity index (χ0) is 21.2. The molecule has 0 atom stereocenters. The summed E-state index contributed by atoms with van der Waals surface area (Å²) in [6.07, 6.45) is 0. The maximum absolute atomic E-state index is 13.7. The smallest absolute Gasteiger partial charge is 0.268 e. The Morgan fingerprint density at radius 3 is 2.65 bits per heavy atom. The summed E-state index contributed by atoms with van der Waals surface area (Å²) in [5.41, 5.74) is 1.55. The molecule has 0 bridgehead atoms. The molecule has 4 heterocycles. The lowest BCUT2D eigenvalue weighted by Gasteiger charge is -2.26. The van der Waals surface area contributed by atoms with Crippen molar-refractivity contribution in [3.05, 3.63) is 63.6 Å². The van der Waals surface area contributed by atoms with Crippen LogP contribution in [0, 0.1) is 0 Å². The lowest BCUT2D eigenvalue weighted by atomic mass is 10.2. The van der Waals surface area contributed by atoms with E-state index in [4.69, 9.17) is 9.72 Å². The van der Waals surface area contributed by atoms with Gasteiger partial charge in [-0.25, -0.2) is 4.98 Å². The third kappa shape index (κ3) is 4.06. The van der Waals surface area contributed by atoms with Crippen molar-refractivity contribution >= 4 is 50.6 Å². The van der Waals surface area contributed by atoms with Crippen molar-refractivity contribution in [2.75, 3.05) is 32.1 Å². The monoisotopic (exact) mass is 469 g/mol. The first-order valence-electron chi connectivity index (χ1n) is 9.84. The first kappa shape index (κ1) is 20.4. The summed E-state index contributed by atoms with van der Waals surface area (Å²) in [5.74, 6) is 0.265. The lowest BCUT2D eigenvalue weighted by Crippen LogP contribution is -2.41. The number of thiophene rings is 2. The minimum Gasteiger partial charge on any atom is -0.378 e. The van der Waals surface area contributed by atoms with Gasteiger partial charge in [-0.15, -0.1) is 22.7 Å². The highest BCUT2D eigenvalue weighted by Gasteiger charge is 2.21. The second-order valence-corrected chi connectivity index (χ2v) is 9.71. The number of carbonyl (C=O) groups is 1. The third-order valence-electron chi connectivity index (χ3n) is 5.07. The van der Waals surface area contributed by atoms with E-state index in [1.165, 1.54) is 23.1 Å². The van der Waals surface area contributed by atoms with Crippen molar-refractivity contribution in [1.82, 2.24) is 14.5 Å². The van der Waals surface area contributed by atoms with Gasteiger partial charge in [0.25, 0.3) is 5.56 Å². The Morgan fingerprint density at radius 2 is 1.90 bits per heavy atom. The summed E-state index contributed by atoms with van der Waals surface area (Å²) in [6, 6.07) is 13.5. The predicted octanol–water partition coefficient (Wildman–Crippen LogP) is 4.13. The summed E-state index contributed by atoms with van der Waals surface area (Å²) in [4.78, 5) is 34.7. The molecule has 1 aliphatic heterocycles. The van der Waals surface area contributed by atoms with Crippen molar-refractivity contribution in [3.8, 4) is 16.1 Å². The predicted molar refractivity (Wildman–Crippen MR) is 127 cm³/mol. The molecule has 1 aromatic carbocycles. The van der Waals surface area contributed by atoms with Crippen LogP contribution in [0.1, 0.15) is 0 Å². The van der Waals surface area contributed by atoms with E-state index in [2.05, 4.69) is 0 Å². The number of rotatable bonds is 5. The minimum absolute atomic E-state index is 0.0349. The van der Waals surface area contributed by atoms with Gasteiger partial charge in [0.2, 0.25) is 5.91 Å². The van der Waals surface area contributed by atoms with Crippen LogP contribution in [0.4, 0.5) is 0 Å². The molecule has 0 saturated carbocycles. The van der Waals surface area contributed by atoms with E-state index in [1.807, 2.05) is 53.2 Å². The second-order valence-electron chi connectivity index (χ2n) is 6.96. The number of benzene rings is 1. The number of morpholine rings is 1. The molecule has 0 unspecified atom stereocenters. The first-order valence-corrected chi connectivity index (χ1v) is 12.6. The molecule has 4 aromatic rings. The number of para-hydroxylation sites is 1. The number of hydrogen-bond acceptors (Lipinski definition) is 7. The zero-order valence-electron chi connectivity index (χ0n) is 16.5. The number of aromatic nitrogens is 2. The molecule has 3 aromatic heterocycles. The van der Waals surface area contributed by atoms with Gasteiger partial charge in [0.15, 0.2) is 5.16 Å². The van der Waals surface area contributed by atoms with Gasteiger partial charge in [0.1, 0.15) is 4.83 Å². The number of ether oxygens (including phenoxy) is 1. The topological polar surface area (TPSA) is 64.4 Å². The van der Waals surface area contributed by atoms with Gasteiger partial charge in [-0.3, -0.25) is 14.2 Å². The third-order valence-corrected chi connectivity index (χ3v) is 7.77. The molecule has 1 fully saturated rings. The highest BCUT2D eigenvalue weighted by Crippen LogP contribution is 2.35. The lowest BCUT2D eigenvalue weighted by molar-refractivity contribution is -0.132. The highest BCUT2D eigenvalue weighted by molar-refractivity contribution is 7.99. The summed E-state index contributed by atoms with van der Waals surface area (Å²) in [5, 5.41) is 5.15. The number of carbonyl (C=O) groups excluding carboxylic acids is 1. The number of nitrogens with zero attached hydrogens (tertiary/aromatic N) is 3. The van der Waals surface area contributed by atoms with Crippen LogP contribution in [0.15, 0.2) is 63.2 Å². The van der Waals surface area contributed by atoms with Crippen molar-refractivity contribution in [2.24, 2.45) is 0 Å². The summed E-state index contributed by atoms with van der Waals surface area (Å²) < 4.78 is 6.96. The maximum atomic E-state index is 13.7. The average molecular weight is 470 g/mol. The van der Waals surface area contributed by atoms with E-state index in [-0.39, 0.29) is 17.2 Å². The van der Waals surface area contributed by atoms with E-state index < -0.39 is 0 Å². The molecular weight excluding hydrogens is 450 g/mol. The van der Waals surface area contributed by atoms with Crippen LogP contribution in [-0.4, -0.2) is 52.4 Å². The van der Waals surface area contributed by atoms with Crippen molar-refractivity contribution in [2.45, 2.75) is 5.16 Å². The maximum Gasteiger partial charge on any atom is 0.268 e. The Kier molecular flexibility index (Phi) is 5.91. The number of fused-ring (bicyclic) bond motifs is 1. The van der Waals surface area contributed by atoms with E-state index in [1.54, 1.807) is 20.8 Å². The highest BCUT2D eigenvalue weighted by atomic mass is 32.2. The van der Waals surface area contributed by atoms with Gasteiger partial charge in [0.05, 0.1) is 30.0 Å². The van der Waals surface area contributed by atoms with Gasteiger partial charge in [-0.2, -0.15) is 0 Å². The molecule has 0 spiro atoms. The Morgan fingerprint density at radius 1 is 1.10 bits per heavy atom. The molecule has 6 nitrogen and oxygen atoms in total. The number of amides is 1. The normalized spacial score (nSPS) is 14.3. The molecule has 9 heteroatoms. The van der Waals surface area contributed by atoms with E-state index in [0.717, 1.165) is 16.1 Å². The van der Waals surface area contributed by atoms with E-state index >= 15 is 0 Å². The Hall–Kier alpha value is -2.46. The molecular formula is C22H19N3O3S3. The molecule has 1 aliphatic rings. The second kappa shape index (κ2) is 8.96. The van der Waals surface area contributed by atoms with E-state index in [9.17, 15) is 9.59 Å². The molecule has 31 heavy (non-hydrogen) atoms. The quantitative estimate of drug-likeness (QED) is 0.325. The minimum atomic E-state index is -0.109. The SMILES string of the molecule is O=C(CSc1nc2scc(-c3cccs3)c2c(=O)n1-c1ccccc1)N1CCOCC1. The van der Waals surface area contributed by atoms with Crippen LogP contribution >= 0.6 is 34.4 Å². The summed E-state index contributed by atoms with van der Waals surface area (Å²) >= 11 is 4.38. The van der Waals surface area contributed by atoms with Gasteiger partial charge in [-0.05, 0) is 23.6 Å². The average Bonchev–Trinajstić information content (AvgIpc) is 3.48. The van der Waals surface area contributed by atoms with Crippen LogP contribution in [0.3, 0.4) is 0 Å². The molecule has 158 valence electrons. The molecule has 1 saturated heterocycles. The first-order chi connectivity index (χ1) is 15.2. The van der Waals surface area contributed by atoms with Crippen molar-refractivity contribution < 1.29 is 9.53 Å². The van der Waals surface area contributed by atoms with Gasteiger partial charge >= 0.3 is 0 Å². The molecule has 0 aliphatic carbocycles. The van der Waals surface area contributed by atoms with Crippen LogP contribution in [0.5, 0.6) is 0 Å². The fraction of sp³-hybridized carbons (Fsp3) is 0.227. The zero-order valence-corrected chi connectivity index (χ0v) is 19.0. The van der Waals surface area contributed by atoms with Gasteiger partial charge in [-0.1, -0.05) is 36.0 Å². The standard InChI is InChI=1S/C22H19N3O3S3/c26-18(24-8-10-28-11-9-24)14-31-22-23-20-19(16(13-30-20)17-7-4-12-29-17)21(27)25(22)15-5-2-1-3-6-15/h1-7,12-13H,8-11,14H2. The Labute approximate surface area is 191 Å². The molecule has 0 radical (unpaired) electrons. The fourth-order valence-corrected chi connectivity index (χ4v) is 6.24. The van der Waals surface area contributed by atoms with Crippen molar-refractivity contribution in [1.29, 1.82) is 0 Å². The molecule has 1 amide bonds. The fourth-order valence-electron chi connectivity index (χ4n) is 3.52. The van der Waals surface area contributed by atoms with Crippen LogP contribution in [-0.2, 0) is 9.53 Å². The van der Waals surface area contributed by atoms with Crippen molar-refractivity contribution in [3.63, 3.8) is 0 Å². The Bertz CT molecular complexity index is 1260. The van der Waals surface area contributed by atoms with E-state index in [0.29, 0.717) is 41.7 Å². The summed E-state index contributed by atoms with van der Waals surface area (Å²) in [7, 11) is 0. The number of thioether (sulfide) groups is 1. The summed E-state index contributed by atoms with van der Waals surface area (Å²) in [6.45, 7) is 2.34. The van der Waals surface area contributed by atoms with Gasteiger partial charge < -0.3 is 9.64 Å². The van der Waals surface area contributed by atoms with Crippen LogP contribution < -0.4 is 5.56 Å². The Balaban J connectivity index is 1.57. The van der Waals surface area contributed by atoms with Gasteiger partial charge in [0, 0.05) is 28.9 Å². The molecule has 0 N–H and O–H groups in total. The number of hydrogen-bond donors (Lipinski definition) is 0. The van der Waals surface area contributed by atoms with Crippen LogP contribution in [0.25, 0.3) is 26.3 Å². The molecule has 5 rings (SSSR count).